The maximum atomic E-state index is 5.82. The number of rotatable bonds is 6. The second-order valence-corrected chi connectivity index (χ2v) is 5.42. The number of thioether (sulfide) groups is 1. The fraction of sp³-hybridized carbons (Fsp3) is 0.417. The molecule has 2 N–H and O–H groups in total. The Balaban J connectivity index is 2.08. The highest BCUT2D eigenvalue weighted by Gasteiger charge is 1.95. The Labute approximate surface area is 118 Å². The van der Waals surface area contributed by atoms with E-state index < -0.39 is 0 Å². The molecule has 0 bridgehead atoms. The van der Waals surface area contributed by atoms with Crippen molar-refractivity contribution in [1.82, 2.24) is 10.6 Å². The van der Waals surface area contributed by atoms with Crippen LogP contribution in [0.25, 0.3) is 0 Å². The van der Waals surface area contributed by atoms with E-state index in [1.54, 1.807) is 0 Å². The number of nitrogens with one attached hydrogen (secondary N) is 2. The average Bonchev–Trinajstić information content (AvgIpc) is 2.31. The Morgan fingerprint density at radius 2 is 2.00 bits per heavy atom. The van der Waals surface area contributed by atoms with Gasteiger partial charge in [-0.2, -0.15) is 11.8 Å². The van der Waals surface area contributed by atoms with Crippen molar-refractivity contribution in [3.63, 3.8) is 0 Å². The van der Waals surface area contributed by atoms with E-state index in [0.717, 1.165) is 34.7 Å². The number of hydrogen-bond donors (Lipinski definition) is 2. The molecule has 0 aromatic heterocycles. The molecule has 0 saturated heterocycles. The van der Waals surface area contributed by atoms with E-state index in [1.807, 2.05) is 30.8 Å². The van der Waals surface area contributed by atoms with Crippen molar-refractivity contribution in [3.05, 3.63) is 34.9 Å². The van der Waals surface area contributed by atoms with Crippen LogP contribution >= 0.6 is 35.6 Å². The molecule has 0 saturated carbocycles. The van der Waals surface area contributed by atoms with Gasteiger partial charge in [0.15, 0.2) is 5.11 Å². The molecule has 0 aliphatic rings. The van der Waals surface area contributed by atoms with E-state index in [2.05, 4.69) is 22.8 Å². The van der Waals surface area contributed by atoms with Crippen LogP contribution in [0.15, 0.2) is 24.3 Å². The van der Waals surface area contributed by atoms with Gasteiger partial charge in [-0.15, -0.1) is 0 Å². The second-order valence-electron chi connectivity index (χ2n) is 3.47. The average molecular weight is 289 g/mol. The van der Waals surface area contributed by atoms with Gasteiger partial charge in [-0.3, -0.25) is 0 Å². The van der Waals surface area contributed by atoms with Gasteiger partial charge in [0.05, 0.1) is 0 Å². The predicted molar refractivity (Wildman–Crippen MR) is 81.9 cm³/mol. The van der Waals surface area contributed by atoms with Crippen LogP contribution in [0.1, 0.15) is 12.5 Å². The molecular weight excluding hydrogens is 272 g/mol. The van der Waals surface area contributed by atoms with Crippen LogP contribution in [0.2, 0.25) is 5.02 Å². The van der Waals surface area contributed by atoms with Crippen LogP contribution in [0, 0.1) is 0 Å². The monoisotopic (exact) mass is 288 g/mol. The molecule has 1 rings (SSSR count). The molecule has 0 atom stereocenters. The molecule has 0 spiro atoms. The highest BCUT2D eigenvalue weighted by atomic mass is 35.5. The first-order chi connectivity index (χ1) is 8.22. The highest BCUT2D eigenvalue weighted by Crippen LogP contribution is 2.14. The maximum absolute atomic E-state index is 5.82. The third-order valence-corrected chi connectivity index (χ3v) is 3.62. The Kier molecular flexibility index (Phi) is 7.40. The maximum Gasteiger partial charge on any atom is 0.166 e. The van der Waals surface area contributed by atoms with Crippen molar-refractivity contribution in [1.29, 1.82) is 0 Å². The summed E-state index contributed by atoms with van der Waals surface area (Å²) in [6.45, 7) is 3.79. The van der Waals surface area contributed by atoms with Gasteiger partial charge in [0.1, 0.15) is 0 Å². The number of benzene rings is 1. The van der Waals surface area contributed by atoms with E-state index in [9.17, 15) is 0 Å². The first-order valence-corrected chi connectivity index (χ1v) is 7.50. The molecule has 0 fully saturated rings. The summed E-state index contributed by atoms with van der Waals surface area (Å²) in [5, 5.41) is 7.74. The molecule has 0 amide bonds. The summed E-state index contributed by atoms with van der Waals surface area (Å²) >= 11 is 12.8. The van der Waals surface area contributed by atoms with Crippen LogP contribution in [-0.2, 0) is 5.75 Å². The van der Waals surface area contributed by atoms with Crippen LogP contribution in [0.3, 0.4) is 0 Å². The summed E-state index contributed by atoms with van der Waals surface area (Å²) in [7, 11) is 0. The van der Waals surface area contributed by atoms with Crippen LogP contribution < -0.4 is 10.6 Å². The molecule has 17 heavy (non-hydrogen) atoms. The van der Waals surface area contributed by atoms with Gasteiger partial charge in [-0.25, -0.2) is 0 Å². The standard InChI is InChI=1S/C12H17ClN2S2/c1-2-14-12(16)15-7-8-17-9-10-3-5-11(13)6-4-10/h3-6H,2,7-9H2,1H3,(H2,14,15,16). The second kappa shape index (κ2) is 8.61. The normalized spacial score (nSPS) is 10.0. The van der Waals surface area contributed by atoms with Crippen molar-refractivity contribution in [2.24, 2.45) is 0 Å². The molecular formula is C12H17ClN2S2. The van der Waals surface area contributed by atoms with Gasteiger partial charge in [-0.1, -0.05) is 23.7 Å². The first-order valence-electron chi connectivity index (χ1n) is 5.56. The van der Waals surface area contributed by atoms with Crippen molar-refractivity contribution in [3.8, 4) is 0 Å². The molecule has 2 nitrogen and oxygen atoms in total. The quantitative estimate of drug-likeness (QED) is 0.621. The van der Waals surface area contributed by atoms with Gasteiger partial charge in [0, 0.05) is 29.6 Å². The molecule has 0 unspecified atom stereocenters. The summed E-state index contributed by atoms with van der Waals surface area (Å²) in [6, 6.07) is 7.98. The first kappa shape index (κ1) is 14.6. The molecule has 5 heteroatoms. The van der Waals surface area contributed by atoms with Crippen LogP contribution in [-0.4, -0.2) is 24.0 Å². The van der Waals surface area contributed by atoms with Crippen LogP contribution in [0.5, 0.6) is 0 Å². The predicted octanol–water partition coefficient (Wildman–Crippen LogP) is 3.06. The molecule has 0 radical (unpaired) electrons. The fourth-order valence-corrected chi connectivity index (χ4v) is 2.42. The van der Waals surface area contributed by atoms with Crippen molar-refractivity contribution in [2.45, 2.75) is 12.7 Å². The zero-order valence-corrected chi connectivity index (χ0v) is 12.2. The van der Waals surface area contributed by atoms with Gasteiger partial charge >= 0.3 is 0 Å². The van der Waals surface area contributed by atoms with Crippen molar-refractivity contribution >= 4 is 40.7 Å². The number of thiocarbonyl (C=S) groups is 1. The molecule has 1 aromatic rings. The third kappa shape index (κ3) is 6.76. The summed E-state index contributed by atoms with van der Waals surface area (Å²) in [4.78, 5) is 0. The minimum Gasteiger partial charge on any atom is -0.363 e. The molecule has 0 heterocycles. The van der Waals surface area contributed by atoms with E-state index in [-0.39, 0.29) is 0 Å². The summed E-state index contributed by atoms with van der Waals surface area (Å²) in [6.07, 6.45) is 0. The largest absolute Gasteiger partial charge is 0.363 e. The lowest BCUT2D eigenvalue weighted by Crippen LogP contribution is -2.36. The van der Waals surface area contributed by atoms with E-state index in [1.165, 1.54) is 5.56 Å². The van der Waals surface area contributed by atoms with Gasteiger partial charge in [0.2, 0.25) is 0 Å². The van der Waals surface area contributed by atoms with Gasteiger partial charge in [0.25, 0.3) is 0 Å². The summed E-state index contributed by atoms with van der Waals surface area (Å²) < 4.78 is 0. The van der Waals surface area contributed by atoms with Gasteiger partial charge < -0.3 is 10.6 Å². The Hall–Kier alpha value is -0.450. The van der Waals surface area contributed by atoms with E-state index in [4.69, 9.17) is 23.8 Å². The lowest BCUT2D eigenvalue weighted by molar-refractivity contribution is 0.887. The summed E-state index contributed by atoms with van der Waals surface area (Å²) in [5.74, 6) is 2.04. The third-order valence-electron chi connectivity index (χ3n) is 2.05. The van der Waals surface area contributed by atoms with Crippen LogP contribution in [0.4, 0.5) is 0 Å². The lowest BCUT2D eigenvalue weighted by atomic mass is 10.2. The Morgan fingerprint density at radius 1 is 1.29 bits per heavy atom. The summed E-state index contributed by atoms with van der Waals surface area (Å²) in [5.41, 5.74) is 1.30. The van der Waals surface area contributed by atoms with Gasteiger partial charge in [-0.05, 0) is 36.8 Å². The lowest BCUT2D eigenvalue weighted by Gasteiger charge is -2.08. The minimum absolute atomic E-state index is 0.736. The molecule has 0 aliphatic carbocycles. The molecule has 0 aliphatic heterocycles. The molecule has 94 valence electrons. The Morgan fingerprint density at radius 3 is 2.65 bits per heavy atom. The smallest absolute Gasteiger partial charge is 0.166 e. The number of halogens is 1. The van der Waals surface area contributed by atoms with E-state index in [0.29, 0.717) is 0 Å². The fourth-order valence-electron chi connectivity index (χ4n) is 1.23. The Bertz CT molecular complexity index is 341. The zero-order valence-electron chi connectivity index (χ0n) is 9.83. The molecule has 1 aromatic carbocycles. The SMILES string of the molecule is CCNC(=S)NCCSCc1ccc(Cl)cc1. The highest BCUT2D eigenvalue weighted by molar-refractivity contribution is 7.98. The minimum atomic E-state index is 0.736. The zero-order chi connectivity index (χ0) is 12.5. The van der Waals surface area contributed by atoms with E-state index >= 15 is 0 Å². The van der Waals surface area contributed by atoms with Crippen molar-refractivity contribution < 1.29 is 0 Å². The van der Waals surface area contributed by atoms with Crippen molar-refractivity contribution in [2.75, 3.05) is 18.8 Å². The topological polar surface area (TPSA) is 24.1 Å². The number of hydrogen-bond acceptors (Lipinski definition) is 2.